The van der Waals surface area contributed by atoms with E-state index in [1.165, 1.54) is 34.8 Å². The number of likely N-dealkylation sites (tertiary alicyclic amines) is 1. The molecule has 212 valence electrons. The standard InChI is InChI=1S/C31H29F3N4O3/c32-31(33,34)22-3-1-4-23(17-22)38-24-5-2-6-25(39)27(24)28(21-9-7-20(18-35)8-10-21)37(29(38)41)19-26(40)36-15-13-30(11-12-30)14-16-36/h1,3-4,7-10,17,28H,2,5-6,11-16,19H2. The molecule has 4 aliphatic rings. The summed E-state index contributed by atoms with van der Waals surface area (Å²) in [7, 11) is 0. The van der Waals surface area contributed by atoms with Crippen LogP contribution in [0.15, 0.2) is 59.8 Å². The van der Waals surface area contributed by atoms with Crippen LogP contribution in [0.3, 0.4) is 0 Å². The minimum Gasteiger partial charge on any atom is -0.341 e. The van der Waals surface area contributed by atoms with E-state index in [1.807, 2.05) is 0 Å². The molecule has 0 N–H and O–H groups in total. The number of piperidine rings is 1. The summed E-state index contributed by atoms with van der Waals surface area (Å²) in [6.45, 7) is 0.856. The van der Waals surface area contributed by atoms with Gasteiger partial charge in [0.1, 0.15) is 6.54 Å². The van der Waals surface area contributed by atoms with Gasteiger partial charge in [0.2, 0.25) is 5.91 Å². The van der Waals surface area contributed by atoms with Crippen LogP contribution in [0.4, 0.5) is 23.7 Å². The van der Waals surface area contributed by atoms with Crippen LogP contribution in [-0.4, -0.2) is 47.2 Å². The smallest absolute Gasteiger partial charge is 0.341 e. The normalized spacial score (nSPS) is 22.1. The van der Waals surface area contributed by atoms with Gasteiger partial charge in [-0.1, -0.05) is 18.2 Å². The van der Waals surface area contributed by atoms with Gasteiger partial charge in [0.05, 0.1) is 28.9 Å². The largest absolute Gasteiger partial charge is 0.416 e. The molecule has 2 fully saturated rings. The van der Waals surface area contributed by atoms with Gasteiger partial charge in [0.15, 0.2) is 5.78 Å². The number of carbonyl (C=O) groups excluding carboxylic acids is 3. The molecule has 1 saturated heterocycles. The predicted octanol–water partition coefficient (Wildman–Crippen LogP) is 5.97. The van der Waals surface area contributed by atoms with Gasteiger partial charge in [0.25, 0.3) is 0 Å². The second-order valence-corrected chi connectivity index (χ2v) is 11.4. The Labute approximate surface area is 235 Å². The number of rotatable bonds is 4. The molecular weight excluding hydrogens is 533 g/mol. The van der Waals surface area contributed by atoms with E-state index in [-0.39, 0.29) is 30.3 Å². The molecule has 1 saturated carbocycles. The number of halogens is 3. The topological polar surface area (TPSA) is 84.7 Å². The van der Waals surface area contributed by atoms with E-state index in [1.54, 1.807) is 29.2 Å². The van der Waals surface area contributed by atoms with Crippen LogP contribution in [-0.2, 0) is 15.8 Å². The lowest BCUT2D eigenvalue weighted by atomic mass is 9.83. The van der Waals surface area contributed by atoms with Gasteiger partial charge in [-0.05, 0) is 79.8 Å². The average molecular weight is 563 g/mol. The lowest BCUT2D eigenvalue weighted by molar-refractivity contribution is -0.137. The Morgan fingerprint density at radius 2 is 1.71 bits per heavy atom. The van der Waals surface area contributed by atoms with Crippen molar-refractivity contribution >= 4 is 23.4 Å². The highest BCUT2D eigenvalue weighted by molar-refractivity contribution is 6.07. The van der Waals surface area contributed by atoms with E-state index in [2.05, 4.69) is 6.07 Å². The van der Waals surface area contributed by atoms with Crippen LogP contribution in [0, 0.1) is 16.7 Å². The molecule has 2 aliphatic carbocycles. The summed E-state index contributed by atoms with van der Waals surface area (Å²) in [6.07, 6.45) is 0.553. The third kappa shape index (κ3) is 4.98. The molecule has 41 heavy (non-hydrogen) atoms. The number of anilines is 1. The number of hydrogen-bond acceptors (Lipinski definition) is 4. The Morgan fingerprint density at radius 1 is 1.00 bits per heavy atom. The number of allylic oxidation sites excluding steroid dienone is 1. The first-order valence-electron chi connectivity index (χ1n) is 13.9. The van der Waals surface area contributed by atoms with Gasteiger partial charge < -0.3 is 9.80 Å². The van der Waals surface area contributed by atoms with Crippen molar-refractivity contribution in [2.45, 2.75) is 57.2 Å². The minimum absolute atomic E-state index is 0.00333. The zero-order valence-corrected chi connectivity index (χ0v) is 22.4. The van der Waals surface area contributed by atoms with Crippen LogP contribution < -0.4 is 4.90 Å². The van der Waals surface area contributed by atoms with E-state index >= 15 is 0 Å². The average Bonchev–Trinajstić information content (AvgIpc) is 3.72. The van der Waals surface area contributed by atoms with Crippen molar-refractivity contribution in [1.82, 2.24) is 9.80 Å². The molecule has 10 heteroatoms. The van der Waals surface area contributed by atoms with Crippen LogP contribution in [0.2, 0.25) is 0 Å². The Morgan fingerprint density at radius 3 is 2.34 bits per heavy atom. The molecule has 1 spiro atoms. The maximum absolute atomic E-state index is 14.3. The van der Waals surface area contributed by atoms with E-state index in [4.69, 9.17) is 0 Å². The Balaban J connectivity index is 1.44. The third-order valence-electron chi connectivity index (χ3n) is 8.95. The Kier molecular flexibility index (Phi) is 6.63. The van der Waals surface area contributed by atoms with E-state index in [9.17, 15) is 32.8 Å². The highest BCUT2D eigenvalue weighted by Crippen LogP contribution is 2.53. The van der Waals surface area contributed by atoms with Crippen molar-refractivity contribution in [2.24, 2.45) is 5.41 Å². The molecule has 1 atom stereocenters. The van der Waals surface area contributed by atoms with Gasteiger partial charge in [0, 0.05) is 30.8 Å². The van der Waals surface area contributed by atoms with Crippen LogP contribution in [0.5, 0.6) is 0 Å². The number of alkyl halides is 3. The van der Waals surface area contributed by atoms with Crippen LogP contribution >= 0.6 is 0 Å². The molecule has 2 aromatic rings. The molecule has 1 unspecified atom stereocenters. The maximum atomic E-state index is 14.3. The van der Waals surface area contributed by atoms with Crippen LogP contribution in [0.1, 0.15) is 67.7 Å². The number of hydrogen-bond donors (Lipinski definition) is 0. The molecule has 0 bridgehead atoms. The van der Waals surface area contributed by atoms with Crippen molar-refractivity contribution < 1.29 is 27.6 Å². The molecule has 6 rings (SSSR count). The first kappa shape index (κ1) is 27.1. The van der Waals surface area contributed by atoms with Crippen molar-refractivity contribution in [2.75, 3.05) is 24.5 Å². The van der Waals surface area contributed by atoms with E-state index < -0.39 is 23.8 Å². The number of Topliss-reactive ketones (excluding diaryl/α,β-unsaturated/α-hetero) is 1. The second kappa shape index (κ2) is 10.1. The SMILES string of the molecule is N#Cc1ccc(C2C3=C(CCCC3=O)N(c3cccc(C(F)(F)F)c3)C(=O)N2CC(=O)N2CCC3(CC2)CC3)cc1. The summed E-state index contributed by atoms with van der Waals surface area (Å²) < 4.78 is 40.9. The van der Waals surface area contributed by atoms with Crippen LogP contribution in [0.25, 0.3) is 0 Å². The predicted molar refractivity (Wildman–Crippen MR) is 143 cm³/mol. The fraction of sp³-hybridized carbons (Fsp3) is 0.419. The second-order valence-electron chi connectivity index (χ2n) is 11.4. The van der Waals surface area contributed by atoms with E-state index in [0.29, 0.717) is 53.7 Å². The quantitative estimate of drug-likeness (QED) is 0.460. The summed E-state index contributed by atoms with van der Waals surface area (Å²) in [5.74, 6) is -0.472. The molecule has 7 nitrogen and oxygen atoms in total. The number of urea groups is 1. The summed E-state index contributed by atoms with van der Waals surface area (Å²) >= 11 is 0. The molecular formula is C31H29F3N4O3. The number of ketones is 1. The number of benzene rings is 2. The lowest BCUT2D eigenvalue weighted by Gasteiger charge is -2.45. The minimum atomic E-state index is -4.62. The molecule has 0 aromatic heterocycles. The molecule has 3 amide bonds. The summed E-state index contributed by atoms with van der Waals surface area (Å²) in [4.78, 5) is 45.6. The molecule has 2 aromatic carbocycles. The summed E-state index contributed by atoms with van der Waals surface area (Å²) in [5.41, 5.74) is 1.06. The highest BCUT2D eigenvalue weighted by Gasteiger charge is 2.48. The molecule has 2 aliphatic heterocycles. The lowest BCUT2D eigenvalue weighted by Crippen LogP contribution is -2.55. The monoisotopic (exact) mass is 562 g/mol. The molecule has 0 radical (unpaired) electrons. The summed E-state index contributed by atoms with van der Waals surface area (Å²) in [6, 6.07) is 11.5. The van der Waals surface area contributed by atoms with Gasteiger partial charge >= 0.3 is 12.2 Å². The fourth-order valence-corrected chi connectivity index (χ4v) is 6.39. The maximum Gasteiger partial charge on any atom is 0.416 e. The van der Waals surface area contributed by atoms with Gasteiger partial charge in [-0.25, -0.2) is 4.79 Å². The fourth-order valence-electron chi connectivity index (χ4n) is 6.39. The van der Waals surface area contributed by atoms with Crippen molar-refractivity contribution in [3.63, 3.8) is 0 Å². The van der Waals surface area contributed by atoms with Gasteiger partial charge in [-0.15, -0.1) is 0 Å². The first-order valence-corrected chi connectivity index (χ1v) is 13.9. The number of nitrogens with zero attached hydrogens (tertiary/aromatic N) is 4. The van der Waals surface area contributed by atoms with Crippen molar-refractivity contribution in [1.29, 1.82) is 5.26 Å². The summed E-state index contributed by atoms with van der Waals surface area (Å²) in [5, 5.41) is 9.29. The Bertz CT molecular complexity index is 1480. The number of nitriles is 1. The first-order chi connectivity index (χ1) is 19.6. The third-order valence-corrected chi connectivity index (χ3v) is 8.95. The zero-order valence-electron chi connectivity index (χ0n) is 22.4. The van der Waals surface area contributed by atoms with Crippen molar-refractivity contribution in [3.05, 3.63) is 76.5 Å². The number of carbonyl (C=O) groups is 3. The zero-order chi connectivity index (χ0) is 28.9. The highest BCUT2D eigenvalue weighted by atomic mass is 19.4. The van der Waals surface area contributed by atoms with E-state index in [0.717, 1.165) is 25.0 Å². The van der Waals surface area contributed by atoms with Crippen molar-refractivity contribution in [3.8, 4) is 6.07 Å². The Hall–Kier alpha value is -4.13. The van der Waals surface area contributed by atoms with Gasteiger partial charge in [-0.3, -0.25) is 14.5 Å². The van der Waals surface area contributed by atoms with Gasteiger partial charge in [-0.2, -0.15) is 18.4 Å². The number of amides is 3. The molecule has 2 heterocycles.